The lowest BCUT2D eigenvalue weighted by Gasteiger charge is -2.09. The van der Waals surface area contributed by atoms with Gasteiger partial charge in [0.2, 0.25) is 11.0 Å². The van der Waals surface area contributed by atoms with Crippen LogP contribution in [0.5, 0.6) is 11.5 Å². The van der Waals surface area contributed by atoms with Crippen molar-refractivity contribution in [2.45, 2.75) is 20.3 Å². The lowest BCUT2D eigenvalue weighted by atomic mass is 10.1. The van der Waals surface area contributed by atoms with Gasteiger partial charge in [-0.1, -0.05) is 30.4 Å². The van der Waals surface area contributed by atoms with Crippen LogP contribution >= 0.6 is 11.3 Å². The Morgan fingerprint density at radius 1 is 1.00 bits per heavy atom. The maximum atomic E-state index is 12.3. The van der Waals surface area contributed by atoms with Crippen LogP contribution in [-0.2, 0) is 16.0 Å². The summed E-state index contributed by atoms with van der Waals surface area (Å²) >= 11 is 1.28. The van der Waals surface area contributed by atoms with Gasteiger partial charge in [-0.05, 0) is 54.5 Å². The van der Waals surface area contributed by atoms with Crippen LogP contribution in [0.15, 0.2) is 54.1 Å². The Balaban J connectivity index is 1.47. The van der Waals surface area contributed by atoms with Gasteiger partial charge in [0.15, 0.2) is 0 Å². The number of benzene rings is 2. The molecule has 2 N–H and O–H groups in total. The monoisotopic (exact) mass is 477 g/mol. The molecule has 0 spiro atoms. The summed E-state index contributed by atoms with van der Waals surface area (Å²) in [6.07, 6.45) is 2.22. The number of nitriles is 1. The van der Waals surface area contributed by atoms with E-state index in [4.69, 9.17) is 9.47 Å². The highest BCUT2D eigenvalue weighted by atomic mass is 32.1. The minimum atomic E-state index is -0.538. The summed E-state index contributed by atoms with van der Waals surface area (Å²) < 4.78 is 11.3. The Bertz CT molecular complexity index is 1200. The number of hydrogen-bond donors (Lipinski definition) is 2. The second-order valence-corrected chi connectivity index (χ2v) is 8.01. The van der Waals surface area contributed by atoms with Gasteiger partial charge in [-0.2, -0.15) is 5.26 Å². The van der Waals surface area contributed by atoms with Crippen LogP contribution in [0.2, 0.25) is 0 Å². The molecule has 0 unspecified atom stereocenters. The van der Waals surface area contributed by atoms with Gasteiger partial charge in [-0.25, -0.2) is 0 Å². The average Bonchev–Trinajstić information content (AvgIpc) is 3.29. The van der Waals surface area contributed by atoms with E-state index in [9.17, 15) is 14.9 Å². The van der Waals surface area contributed by atoms with E-state index in [0.29, 0.717) is 41.1 Å². The molecule has 0 radical (unpaired) electrons. The summed E-state index contributed by atoms with van der Waals surface area (Å²) in [6.45, 7) is 4.07. The van der Waals surface area contributed by atoms with Crippen molar-refractivity contribution in [2.24, 2.45) is 0 Å². The number of aromatic nitrogens is 2. The molecule has 0 aliphatic heterocycles. The number of ether oxygens (including phenoxy) is 2. The second-order valence-electron chi connectivity index (χ2n) is 6.95. The molecule has 0 bridgehead atoms. The molecule has 0 saturated carbocycles. The smallest absolute Gasteiger partial charge is 0.268 e. The van der Waals surface area contributed by atoms with Crippen LogP contribution in [0, 0.1) is 11.3 Å². The summed E-state index contributed by atoms with van der Waals surface area (Å²) in [4.78, 5) is 23.4. The molecule has 174 valence electrons. The standard InChI is InChI=1S/C24H23N5O4S/c1-3-22-28-29-24(34-22)27-23(31)18(15-25)14-17-4-8-20(9-5-17)32-12-13-33-21-10-6-19(7-11-21)26-16(2)30/h4-11,14H,3,12-13H2,1-2H3,(H,26,30)(H,27,29,31). The lowest BCUT2D eigenvalue weighted by Crippen LogP contribution is -2.13. The number of nitrogens with one attached hydrogen (secondary N) is 2. The first-order valence-electron chi connectivity index (χ1n) is 10.5. The predicted molar refractivity (Wildman–Crippen MR) is 130 cm³/mol. The first-order valence-corrected chi connectivity index (χ1v) is 11.3. The third-order valence-electron chi connectivity index (χ3n) is 4.34. The Kier molecular flexibility index (Phi) is 8.71. The van der Waals surface area contributed by atoms with Crippen molar-refractivity contribution in [3.63, 3.8) is 0 Å². The fourth-order valence-electron chi connectivity index (χ4n) is 2.74. The zero-order valence-electron chi connectivity index (χ0n) is 18.7. The van der Waals surface area contributed by atoms with Gasteiger partial charge in [-0.3, -0.25) is 14.9 Å². The molecule has 0 aliphatic carbocycles. The minimum Gasteiger partial charge on any atom is -0.490 e. The van der Waals surface area contributed by atoms with E-state index < -0.39 is 5.91 Å². The van der Waals surface area contributed by atoms with Gasteiger partial charge >= 0.3 is 0 Å². The third-order valence-corrected chi connectivity index (χ3v) is 5.32. The van der Waals surface area contributed by atoms with Crippen LogP contribution in [0.25, 0.3) is 6.08 Å². The quantitative estimate of drug-likeness (QED) is 0.256. The van der Waals surface area contributed by atoms with E-state index in [1.54, 1.807) is 48.5 Å². The zero-order chi connectivity index (χ0) is 24.3. The molecule has 0 saturated heterocycles. The number of rotatable bonds is 10. The maximum Gasteiger partial charge on any atom is 0.268 e. The van der Waals surface area contributed by atoms with E-state index in [1.165, 1.54) is 24.3 Å². The molecule has 10 heteroatoms. The predicted octanol–water partition coefficient (Wildman–Crippen LogP) is 4.06. The first kappa shape index (κ1) is 24.4. The molecule has 0 fully saturated rings. The molecular formula is C24H23N5O4S. The number of carbonyl (C=O) groups is 2. The van der Waals surface area contributed by atoms with E-state index in [1.807, 2.05) is 13.0 Å². The highest BCUT2D eigenvalue weighted by molar-refractivity contribution is 7.15. The van der Waals surface area contributed by atoms with Crippen molar-refractivity contribution in [1.82, 2.24) is 10.2 Å². The normalized spacial score (nSPS) is 10.8. The maximum absolute atomic E-state index is 12.3. The Labute approximate surface area is 201 Å². The lowest BCUT2D eigenvalue weighted by molar-refractivity contribution is -0.114. The Morgan fingerprint density at radius 3 is 2.15 bits per heavy atom. The Hall–Kier alpha value is -4.23. The van der Waals surface area contributed by atoms with Crippen molar-refractivity contribution >= 4 is 40.0 Å². The number of nitrogens with zero attached hydrogens (tertiary/aromatic N) is 3. The van der Waals surface area contributed by atoms with Crippen LogP contribution in [0.3, 0.4) is 0 Å². The molecule has 34 heavy (non-hydrogen) atoms. The van der Waals surface area contributed by atoms with Gasteiger partial charge in [0.05, 0.1) is 0 Å². The van der Waals surface area contributed by atoms with Gasteiger partial charge < -0.3 is 14.8 Å². The molecule has 2 amide bonds. The number of carbonyl (C=O) groups excluding carboxylic acids is 2. The number of amides is 2. The highest BCUT2D eigenvalue weighted by Gasteiger charge is 2.12. The zero-order valence-corrected chi connectivity index (χ0v) is 19.5. The summed E-state index contributed by atoms with van der Waals surface area (Å²) in [6, 6.07) is 16.0. The summed E-state index contributed by atoms with van der Waals surface area (Å²) in [7, 11) is 0. The molecule has 3 rings (SSSR count). The summed E-state index contributed by atoms with van der Waals surface area (Å²) in [5.74, 6) is 0.629. The molecule has 1 heterocycles. The molecular weight excluding hydrogens is 454 g/mol. The Morgan fingerprint density at radius 2 is 1.62 bits per heavy atom. The summed E-state index contributed by atoms with van der Waals surface area (Å²) in [5.41, 5.74) is 1.34. The van der Waals surface area contributed by atoms with Gasteiger partial charge in [-0.15, -0.1) is 10.2 Å². The number of hydrogen-bond acceptors (Lipinski definition) is 8. The molecule has 3 aromatic rings. The van der Waals surface area contributed by atoms with Gasteiger partial charge in [0, 0.05) is 12.6 Å². The molecule has 0 aliphatic rings. The van der Waals surface area contributed by atoms with E-state index in [-0.39, 0.29) is 11.5 Å². The van der Waals surface area contributed by atoms with Crippen LogP contribution in [0.1, 0.15) is 24.4 Å². The number of anilines is 2. The van der Waals surface area contributed by atoms with Crippen molar-refractivity contribution in [2.75, 3.05) is 23.8 Å². The van der Waals surface area contributed by atoms with Gasteiger partial charge in [0.25, 0.3) is 5.91 Å². The first-order chi connectivity index (χ1) is 16.5. The van der Waals surface area contributed by atoms with Crippen LogP contribution < -0.4 is 20.1 Å². The SMILES string of the molecule is CCc1nnc(NC(=O)C(C#N)=Cc2ccc(OCCOc3ccc(NC(C)=O)cc3)cc2)s1. The molecule has 2 aromatic carbocycles. The van der Waals surface area contributed by atoms with Crippen molar-refractivity contribution in [3.05, 3.63) is 64.7 Å². The van der Waals surface area contributed by atoms with Crippen molar-refractivity contribution < 1.29 is 19.1 Å². The second kappa shape index (κ2) is 12.1. The third kappa shape index (κ3) is 7.43. The van der Waals surface area contributed by atoms with Crippen molar-refractivity contribution in [3.8, 4) is 17.6 Å². The molecule has 1 aromatic heterocycles. The van der Waals surface area contributed by atoms with Crippen LogP contribution in [0.4, 0.5) is 10.8 Å². The highest BCUT2D eigenvalue weighted by Crippen LogP contribution is 2.19. The number of aryl methyl sites for hydroxylation is 1. The van der Waals surface area contributed by atoms with Gasteiger partial charge in [0.1, 0.15) is 41.4 Å². The summed E-state index contributed by atoms with van der Waals surface area (Å²) in [5, 5.41) is 23.6. The topological polar surface area (TPSA) is 126 Å². The fourth-order valence-corrected chi connectivity index (χ4v) is 3.42. The fraction of sp³-hybridized carbons (Fsp3) is 0.208. The average molecular weight is 478 g/mol. The van der Waals surface area contributed by atoms with E-state index in [0.717, 1.165) is 11.4 Å². The minimum absolute atomic E-state index is 0.0418. The van der Waals surface area contributed by atoms with Crippen LogP contribution in [-0.4, -0.2) is 35.2 Å². The van der Waals surface area contributed by atoms with Crippen molar-refractivity contribution in [1.29, 1.82) is 5.26 Å². The largest absolute Gasteiger partial charge is 0.490 e. The van der Waals surface area contributed by atoms with E-state index in [2.05, 4.69) is 20.8 Å². The van der Waals surface area contributed by atoms with E-state index >= 15 is 0 Å². The molecule has 9 nitrogen and oxygen atoms in total. The molecule has 0 atom stereocenters.